The van der Waals surface area contributed by atoms with Gasteiger partial charge in [-0.25, -0.2) is 4.39 Å². The lowest BCUT2D eigenvalue weighted by Gasteiger charge is -2.38. The third-order valence-electron chi connectivity index (χ3n) is 5.83. The Morgan fingerprint density at radius 3 is 2.60 bits per heavy atom. The highest BCUT2D eigenvalue weighted by molar-refractivity contribution is 6.06. The molecule has 2 aromatic carbocycles. The van der Waals surface area contributed by atoms with Gasteiger partial charge in [-0.15, -0.1) is 0 Å². The summed E-state index contributed by atoms with van der Waals surface area (Å²) in [6.45, 7) is 6.30. The van der Waals surface area contributed by atoms with Crippen LogP contribution in [0.3, 0.4) is 0 Å². The van der Waals surface area contributed by atoms with Gasteiger partial charge >= 0.3 is 0 Å². The van der Waals surface area contributed by atoms with Gasteiger partial charge in [0.2, 0.25) is 0 Å². The van der Waals surface area contributed by atoms with E-state index in [4.69, 9.17) is 4.42 Å². The predicted octanol–water partition coefficient (Wildman–Crippen LogP) is 5.35. The van der Waals surface area contributed by atoms with E-state index in [0.29, 0.717) is 16.8 Å². The number of likely N-dealkylation sites (tertiary alicyclic amines) is 1. The molecule has 1 aromatic heterocycles. The zero-order chi connectivity index (χ0) is 21.1. The standard InChI is InChI=1S/C25H27FN2O2/c1-18-4-3-5-21(14-18)25(29)28(23-7-6-19(2)24(26)15-23)22-8-11-27(12-9-22)16-20-10-13-30-17-20/h3-7,10,13-15,17,22H,8-9,11-12,16H2,1-2H3. The van der Waals surface area contributed by atoms with Crippen LogP contribution < -0.4 is 4.90 Å². The second-order valence-electron chi connectivity index (χ2n) is 8.12. The van der Waals surface area contributed by atoms with Crippen molar-refractivity contribution in [3.63, 3.8) is 0 Å². The van der Waals surface area contributed by atoms with Crippen LogP contribution in [0.5, 0.6) is 0 Å². The maximum absolute atomic E-state index is 14.4. The van der Waals surface area contributed by atoms with Crippen LogP contribution in [-0.2, 0) is 6.54 Å². The molecule has 156 valence electrons. The van der Waals surface area contributed by atoms with Crippen molar-refractivity contribution in [1.82, 2.24) is 4.90 Å². The summed E-state index contributed by atoms with van der Waals surface area (Å²) in [5, 5.41) is 0. The Morgan fingerprint density at radius 1 is 1.13 bits per heavy atom. The number of hydrogen-bond donors (Lipinski definition) is 0. The van der Waals surface area contributed by atoms with E-state index in [2.05, 4.69) is 4.90 Å². The number of piperidine rings is 1. The number of anilines is 1. The molecule has 4 rings (SSSR count). The quantitative estimate of drug-likeness (QED) is 0.573. The van der Waals surface area contributed by atoms with Crippen LogP contribution in [0, 0.1) is 19.7 Å². The molecule has 2 heterocycles. The first-order chi connectivity index (χ1) is 14.5. The normalized spacial score (nSPS) is 15.3. The summed E-state index contributed by atoms with van der Waals surface area (Å²) >= 11 is 0. The summed E-state index contributed by atoms with van der Waals surface area (Å²) in [7, 11) is 0. The fourth-order valence-electron chi connectivity index (χ4n) is 4.12. The number of hydrogen-bond acceptors (Lipinski definition) is 3. The van der Waals surface area contributed by atoms with Crippen molar-refractivity contribution in [3.05, 3.63) is 89.1 Å². The molecule has 0 unspecified atom stereocenters. The van der Waals surface area contributed by atoms with Crippen molar-refractivity contribution >= 4 is 11.6 Å². The molecule has 0 radical (unpaired) electrons. The SMILES string of the molecule is Cc1cccc(C(=O)N(c2ccc(C)c(F)c2)C2CCN(Cc3ccoc3)CC2)c1. The van der Waals surface area contributed by atoms with Gasteiger partial charge in [0, 0.05) is 42.5 Å². The lowest BCUT2D eigenvalue weighted by atomic mass is 9.99. The second kappa shape index (κ2) is 8.84. The minimum absolute atomic E-state index is 0.0284. The molecule has 1 saturated heterocycles. The Balaban J connectivity index is 1.57. The Hall–Kier alpha value is -2.92. The van der Waals surface area contributed by atoms with Crippen LogP contribution in [0.15, 0.2) is 65.5 Å². The largest absolute Gasteiger partial charge is 0.472 e. The van der Waals surface area contributed by atoms with Gasteiger partial charge in [-0.1, -0.05) is 23.8 Å². The van der Waals surface area contributed by atoms with Crippen molar-refractivity contribution in [1.29, 1.82) is 0 Å². The number of aryl methyl sites for hydroxylation is 2. The molecular weight excluding hydrogens is 379 g/mol. The van der Waals surface area contributed by atoms with Gasteiger partial charge in [0.05, 0.1) is 12.5 Å². The van der Waals surface area contributed by atoms with E-state index in [1.54, 1.807) is 30.4 Å². The summed E-state index contributed by atoms with van der Waals surface area (Å²) in [6, 6.07) is 14.7. The molecule has 4 nitrogen and oxygen atoms in total. The molecule has 0 N–H and O–H groups in total. The number of amides is 1. The Labute approximate surface area is 176 Å². The highest BCUT2D eigenvalue weighted by Crippen LogP contribution is 2.28. The Morgan fingerprint density at radius 2 is 1.93 bits per heavy atom. The van der Waals surface area contributed by atoms with E-state index in [9.17, 15) is 9.18 Å². The average Bonchev–Trinajstić information content (AvgIpc) is 3.25. The van der Waals surface area contributed by atoms with Gasteiger partial charge in [0.25, 0.3) is 5.91 Å². The first-order valence-electron chi connectivity index (χ1n) is 10.4. The third-order valence-corrected chi connectivity index (χ3v) is 5.83. The van der Waals surface area contributed by atoms with E-state index < -0.39 is 0 Å². The maximum atomic E-state index is 14.4. The zero-order valence-electron chi connectivity index (χ0n) is 17.5. The van der Waals surface area contributed by atoms with Crippen LogP contribution in [0.1, 0.15) is 39.9 Å². The third kappa shape index (κ3) is 4.46. The highest BCUT2D eigenvalue weighted by atomic mass is 19.1. The fraction of sp³-hybridized carbons (Fsp3) is 0.320. The Bertz CT molecular complexity index is 1010. The number of rotatable bonds is 5. The first kappa shape index (κ1) is 20.4. The van der Waals surface area contributed by atoms with Crippen molar-refractivity contribution in [3.8, 4) is 0 Å². The molecule has 0 bridgehead atoms. The summed E-state index contributed by atoms with van der Waals surface area (Å²) in [5.74, 6) is -0.359. The molecule has 1 aliphatic heterocycles. The molecular formula is C25H27FN2O2. The highest BCUT2D eigenvalue weighted by Gasteiger charge is 2.30. The molecule has 0 saturated carbocycles. The molecule has 0 aliphatic carbocycles. The van der Waals surface area contributed by atoms with Crippen molar-refractivity contribution in [2.45, 2.75) is 39.3 Å². The predicted molar refractivity (Wildman–Crippen MR) is 116 cm³/mol. The lowest BCUT2D eigenvalue weighted by Crippen LogP contribution is -2.47. The van der Waals surface area contributed by atoms with E-state index in [-0.39, 0.29) is 17.8 Å². The summed E-state index contributed by atoms with van der Waals surface area (Å²) in [6.07, 6.45) is 5.14. The molecule has 0 atom stereocenters. The van der Waals surface area contributed by atoms with Crippen LogP contribution in [0.2, 0.25) is 0 Å². The topological polar surface area (TPSA) is 36.7 Å². The monoisotopic (exact) mass is 406 g/mol. The molecule has 5 heteroatoms. The molecule has 0 spiro atoms. The fourth-order valence-corrected chi connectivity index (χ4v) is 4.12. The number of carbonyl (C=O) groups is 1. The minimum atomic E-state index is -0.285. The van der Waals surface area contributed by atoms with Crippen LogP contribution >= 0.6 is 0 Å². The summed E-state index contributed by atoms with van der Waals surface area (Å²) in [5.41, 5.74) is 4.03. The Kier molecular flexibility index (Phi) is 6.00. The molecule has 1 amide bonds. The van der Waals surface area contributed by atoms with Crippen LogP contribution in [0.4, 0.5) is 10.1 Å². The van der Waals surface area contributed by atoms with Gasteiger partial charge < -0.3 is 9.32 Å². The van der Waals surface area contributed by atoms with E-state index in [1.165, 1.54) is 6.07 Å². The number of halogens is 1. The summed E-state index contributed by atoms with van der Waals surface area (Å²) < 4.78 is 19.5. The number of carbonyl (C=O) groups excluding carboxylic acids is 1. The zero-order valence-corrected chi connectivity index (χ0v) is 17.5. The summed E-state index contributed by atoms with van der Waals surface area (Å²) in [4.78, 5) is 17.7. The number of furan rings is 1. The van der Waals surface area contributed by atoms with Gasteiger partial charge in [-0.05, 0) is 62.6 Å². The molecule has 30 heavy (non-hydrogen) atoms. The van der Waals surface area contributed by atoms with Gasteiger partial charge in [0.15, 0.2) is 0 Å². The van der Waals surface area contributed by atoms with Crippen molar-refractivity contribution < 1.29 is 13.6 Å². The minimum Gasteiger partial charge on any atom is -0.472 e. The smallest absolute Gasteiger partial charge is 0.258 e. The van der Waals surface area contributed by atoms with Gasteiger partial charge in [-0.2, -0.15) is 0 Å². The van der Waals surface area contributed by atoms with E-state index in [1.807, 2.05) is 43.3 Å². The first-order valence-corrected chi connectivity index (χ1v) is 10.4. The number of nitrogens with zero attached hydrogens (tertiary/aromatic N) is 2. The maximum Gasteiger partial charge on any atom is 0.258 e. The average molecular weight is 407 g/mol. The second-order valence-corrected chi connectivity index (χ2v) is 8.12. The van der Waals surface area contributed by atoms with Crippen LogP contribution in [0.25, 0.3) is 0 Å². The molecule has 1 fully saturated rings. The molecule has 3 aromatic rings. The lowest BCUT2D eigenvalue weighted by molar-refractivity contribution is 0.0958. The number of benzene rings is 2. The van der Waals surface area contributed by atoms with Crippen molar-refractivity contribution in [2.75, 3.05) is 18.0 Å². The molecule has 1 aliphatic rings. The van der Waals surface area contributed by atoms with Crippen LogP contribution in [-0.4, -0.2) is 29.9 Å². The van der Waals surface area contributed by atoms with E-state index in [0.717, 1.165) is 43.6 Å². The van der Waals surface area contributed by atoms with Gasteiger partial charge in [0.1, 0.15) is 5.82 Å². The van der Waals surface area contributed by atoms with E-state index >= 15 is 0 Å². The van der Waals surface area contributed by atoms with Crippen molar-refractivity contribution in [2.24, 2.45) is 0 Å². The van der Waals surface area contributed by atoms with Gasteiger partial charge in [-0.3, -0.25) is 9.69 Å².